The summed E-state index contributed by atoms with van der Waals surface area (Å²) in [5.41, 5.74) is 30.6. The zero-order chi connectivity index (χ0) is 65.5. The Balaban J connectivity index is 1.01. The van der Waals surface area contributed by atoms with E-state index in [1.165, 1.54) is 147 Å². The Morgan fingerprint density at radius 3 is 1.45 bits per heavy atom. The van der Waals surface area contributed by atoms with Gasteiger partial charge in [0.05, 0.1) is 5.69 Å². The van der Waals surface area contributed by atoms with Crippen LogP contribution in [-0.4, -0.2) is 6.71 Å². The number of hydrogen-bond acceptors (Lipinski definition) is 3. The van der Waals surface area contributed by atoms with Crippen LogP contribution in [0.4, 0.5) is 51.2 Å². The van der Waals surface area contributed by atoms with Gasteiger partial charge in [-0.25, -0.2) is 0 Å². The molecule has 10 aromatic carbocycles. The molecule has 3 atom stereocenters. The molecule has 0 radical (unpaired) electrons. The summed E-state index contributed by atoms with van der Waals surface area (Å²) in [7, 11) is 0. The molecule has 0 aromatic heterocycles. The summed E-state index contributed by atoms with van der Waals surface area (Å²) >= 11 is 0. The molecule has 3 nitrogen and oxygen atoms in total. The highest BCUT2D eigenvalue weighted by atomic mass is 15.2. The van der Waals surface area contributed by atoms with Gasteiger partial charge in [-0.2, -0.15) is 0 Å². The number of fused-ring (bicyclic) bond motifs is 7. The van der Waals surface area contributed by atoms with Crippen LogP contribution in [0, 0.1) is 5.41 Å². The van der Waals surface area contributed by atoms with Crippen LogP contribution >= 0.6 is 0 Å². The maximum atomic E-state index is 2.69. The summed E-state index contributed by atoms with van der Waals surface area (Å²) in [5.74, 6) is 0.164. The molecule has 2 aliphatic heterocycles. The summed E-state index contributed by atoms with van der Waals surface area (Å²) in [6.45, 7) is 40.3. The van der Waals surface area contributed by atoms with E-state index in [9.17, 15) is 0 Å². The Morgan fingerprint density at radius 2 is 0.882 bits per heavy atom. The number of rotatable bonds is 8. The predicted octanol–water partition coefficient (Wildman–Crippen LogP) is 23.0. The lowest BCUT2D eigenvalue weighted by molar-refractivity contribution is 0.0924. The van der Waals surface area contributed by atoms with E-state index >= 15 is 0 Å². The highest BCUT2D eigenvalue weighted by Crippen LogP contribution is 2.68. The molecule has 4 aliphatic rings. The van der Waals surface area contributed by atoms with Crippen molar-refractivity contribution in [1.29, 1.82) is 0 Å². The van der Waals surface area contributed by atoms with Gasteiger partial charge in [-0.3, -0.25) is 0 Å². The van der Waals surface area contributed by atoms with Crippen molar-refractivity contribution in [3.05, 3.63) is 263 Å². The molecule has 4 heteroatoms. The van der Waals surface area contributed by atoms with Crippen LogP contribution in [0.1, 0.15) is 194 Å². The summed E-state index contributed by atoms with van der Waals surface area (Å²) in [6.07, 6.45) is 4.77. The molecule has 0 bridgehead atoms. The Labute approximate surface area is 558 Å². The van der Waals surface area contributed by atoms with Gasteiger partial charge in [0.2, 0.25) is 0 Å². The molecule has 1 saturated carbocycles. The van der Waals surface area contributed by atoms with Crippen LogP contribution < -0.4 is 31.1 Å². The largest absolute Gasteiger partial charge is 0.311 e. The summed E-state index contributed by atoms with van der Waals surface area (Å²) < 4.78 is 0. The van der Waals surface area contributed by atoms with E-state index in [2.05, 4.69) is 351 Å². The number of benzene rings is 10. The third-order valence-corrected chi connectivity index (χ3v) is 22.3. The van der Waals surface area contributed by atoms with Gasteiger partial charge >= 0.3 is 0 Å². The highest BCUT2D eigenvalue weighted by molar-refractivity contribution is 7.00. The minimum Gasteiger partial charge on any atom is -0.311 e. The third-order valence-electron chi connectivity index (χ3n) is 22.3. The molecule has 2 aliphatic carbocycles. The van der Waals surface area contributed by atoms with Crippen molar-refractivity contribution in [2.75, 3.05) is 14.7 Å². The summed E-state index contributed by atoms with van der Waals surface area (Å²) in [6, 6.07) is 85.8. The van der Waals surface area contributed by atoms with Crippen molar-refractivity contribution in [3.63, 3.8) is 0 Å². The second-order valence-electron chi connectivity index (χ2n) is 33.5. The molecule has 1 fully saturated rings. The molecule has 0 amide bonds. The van der Waals surface area contributed by atoms with Crippen LogP contribution in [0.25, 0.3) is 22.3 Å². The van der Waals surface area contributed by atoms with Crippen LogP contribution in [0.3, 0.4) is 0 Å². The van der Waals surface area contributed by atoms with Crippen molar-refractivity contribution in [1.82, 2.24) is 0 Å². The van der Waals surface area contributed by atoms with Gasteiger partial charge in [0.1, 0.15) is 0 Å². The second kappa shape index (κ2) is 22.1. The quantitative estimate of drug-likeness (QED) is 0.140. The van der Waals surface area contributed by atoms with E-state index in [1.807, 2.05) is 0 Å². The van der Waals surface area contributed by atoms with Crippen LogP contribution in [0.2, 0.25) is 0 Å². The van der Waals surface area contributed by atoms with E-state index in [0.29, 0.717) is 0 Å². The molecule has 470 valence electrons. The SMILES string of the molecule is CC(C)(C)c1ccc(N(c2ccc(C(C)(C)C)cc2)c2ccc3c(c2)C2(C)CCCCC2(C)C3c2ccc3c(c2)N(c2ccc(C(C)(C)C)cc2)c2cc(C(C)(C)C)cc4c2B3c2cc(-c3ccccc3)ccc2N4c2ccc(C(C)(C)C)cc2-c2ccccc2)cc1. The lowest BCUT2D eigenvalue weighted by Crippen LogP contribution is -2.61. The van der Waals surface area contributed by atoms with Gasteiger partial charge in [0.15, 0.2) is 0 Å². The second-order valence-corrected chi connectivity index (χ2v) is 33.5. The van der Waals surface area contributed by atoms with Gasteiger partial charge < -0.3 is 14.7 Å². The molecular formula is C89H96BN3. The first-order valence-electron chi connectivity index (χ1n) is 34.6. The average molecular weight is 1220 g/mol. The topological polar surface area (TPSA) is 9.72 Å². The lowest BCUT2D eigenvalue weighted by atomic mass is 9.33. The molecule has 14 rings (SSSR count). The smallest absolute Gasteiger partial charge is 0.252 e. The Kier molecular flexibility index (Phi) is 14.8. The van der Waals surface area contributed by atoms with Gasteiger partial charge in [0, 0.05) is 57.0 Å². The Hall–Kier alpha value is -8.34. The van der Waals surface area contributed by atoms with Gasteiger partial charge in [0.25, 0.3) is 6.71 Å². The van der Waals surface area contributed by atoms with Gasteiger partial charge in [-0.1, -0.05) is 264 Å². The molecule has 0 saturated heterocycles. The van der Waals surface area contributed by atoms with Crippen LogP contribution in [-0.2, 0) is 32.5 Å². The van der Waals surface area contributed by atoms with Crippen LogP contribution in [0.5, 0.6) is 0 Å². The van der Waals surface area contributed by atoms with Gasteiger partial charge in [-0.15, -0.1) is 0 Å². The van der Waals surface area contributed by atoms with Crippen LogP contribution in [0.15, 0.2) is 218 Å². The van der Waals surface area contributed by atoms with E-state index < -0.39 is 0 Å². The van der Waals surface area contributed by atoms with E-state index in [4.69, 9.17) is 0 Å². The molecular weight excluding hydrogens is 1120 g/mol. The molecule has 93 heavy (non-hydrogen) atoms. The minimum atomic E-state index is -0.180. The fourth-order valence-electron chi connectivity index (χ4n) is 16.5. The lowest BCUT2D eigenvalue weighted by Gasteiger charge is -2.49. The Bertz CT molecular complexity index is 4430. The number of hydrogen-bond donors (Lipinski definition) is 0. The first-order chi connectivity index (χ1) is 44.0. The van der Waals surface area contributed by atoms with Crippen molar-refractivity contribution in [2.24, 2.45) is 5.41 Å². The van der Waals surface area contributed by atoms with Crippen molar-refractivity contribution >= 4 is 74.3 Å². The Morgan fingerprint density at radius 1 is 0.376 bits per heavy atom. The zero-order valence-corrected chi connectivity index (χ0v) is 58.6. The molecule has 2 heterocycles. The maximum absolute atomic E-state index is 2.69. The highest BCUT2D eigenvalue weighted by Gasteiger charge is 2.59. The normalized spacial score (nSPS) is 18.5. The van der Waals surface area contributed by atoms with E-state index in [-0.39, 0.29) is 50.5 Å². The zero-order valence-electron chi connectivity index (χ0n) is 58.6. The third kappa shape index (κ3) is 10.6. The molecule has 0 spiro atoms. The fourth-order valence-corrected chi connectivity index (χ4v) is 16.5. The predicted molar refractivity (Wildman–Crippen MR) is 402 cm³/mol. The maximum Gasteiger partial charge on any atom is 0.252 e. The molecule has 10 aromatic rings. The first-order valence-corrected chi connectivity index (χ1v) is 34.6. The summed E-state index contributed by atoms with van der Waals surface area (Å²) in [4.78, 5) is 7.86. The van der Waals surface area contributed by atoms with Crippen molar-refractivity contribution in [2.45, 2.75) is 182 Å². The monoisotopic (exact) mass is 1220 g/mol. The average Bonchev–Trinajstić information content (AvgIpc) is 1.39. The van der Waals surface area contributed by atoms with E-state index in [1.54, 1.807) is 0 Å². The summed E-state index contributed by atoms with van der Waals surface area (Å²) in [5, 5.41) is 0. The number of anilines is 9. The molecule has 0 N–H and O–H groups in total. The number of nitrogens with zero attached hydrogens (tertiary/aromatic N) is 3. The fraction of sp³-hybridized carbons (Fsp3) is 0.326. The standard InChI is InChI=1S/C89H96BN3/c1-83(2,3)62-32-39-67(40-33-62)91(68-41-34-63(35-42-68)84(4,5)6)70-45-46-71-73(57-70)88(16)50-24-25-51-89(88,17)81(71)61-30-47-74-78(53-61)92(69-43-36-64(37-44-69)85(7,8)9)79-55-66(87(13,14)15)56-80-82(79)90(74)75-52-60(58-26-20-18-21-27-58)31-48-77(75)93(80)76-49-38-65(86(10,11)12)54-72(76)59-28-22-19-23-29-59/h18-23,26-49,52-57,81H,24-25,50-51H2,1-17H3. The van der Waals surface area contributed by atoms with Gasteiger partial charge in [-0.05, 0) is 213 Å². The minimum absolute atomic E-state index is 0.00972. The first kappa shape index (κ1) is 62.1. The van der Waals surface area contributed by atoms with Crippen molar-refractivity contribution < 1.29 is 0 Å². The van der Waals surface area contributed by atoms with E-state index in [0.717, 1.165) is 12.8 Å². The van der Waals surface area contributed by atoms with Crippen molar-refractivity contribution in [3.8, 4) is 22.3 Å². The molecule has 3 unspecified atom stereocenters.